The lowest BCUT2D eigenvalue weighted by Gasteiger charge is -2.26. The summed E-state index contributed by atoms with van der Waals surface area (Å²) in [6.45, 7) is 6.01. The number of hydrogen-bond donors (Lipinski definition) is 2. The fourth-order valence-corrected chi connectivity index (χ4v) is 2.80. The zero-order chi connectivity index (χ0) is 14.5. The first-order valence-corrected chi connectivity index (χ1v) is 7.89. The summed E-state index contributed by atoms with van der Waals surface area (Å²) in [5, 5.41) is 6.67. The number of aromatic nitrogens is 2. The van der Waals surface area contributed by atoms with Crippen LogP contribution in [0.25, 0.3) is 0 Å². The lowest BCUT2D eigenvalue weighted by atomic mass is 10.1. The number of nitrogens with zero attached hydrogens (tertiary/aromatic N) is 2. The Morgan fingerprint density at radius 1 is 0.857 bits per heavy atom. The molecule has 2 aliphatic heterocycles. The van der Waals surface area contributed by atoms with E-state index in [0.717, 1.165) is 57.4 Å². The van der Waals surface area contributed by atoms with Gasteiger partial charge in [-0.05, 0) is 58.8 Å². The minimum Gasteiger partial charge on any atom is -0.474 e. The SMILES string of the molecule is Cc1c(OC2CCNCC2)ncnc1OC1CCNCC1. The van der Waals surface area contributed by atoms with Gasteiger partial charge in [0.1, 0.15) is 18.5 Å². The fraction of sp³-hybridized carbons (Fsp3) is 0.733. The minimum atomic E-state index is 0.242. The van der Waals surface area contributed by atoms with Gasteiger partial charge in [0.25, 0.3) is 0 Å². The summed E-state index contributed by atoms with van der Waals surface area (Å²) in [5.74, 6) is 1.33. The van der Waals surface area contributed by atoms with E-state index in [4.69, 9.17) is 9.47 Å². The maximum atomic E-state index is 6.03. The normalized spacial score (nSPS) is 21.2. The van der Waals surface area contributed by atoms with Crippen LogP contribution in [0.3, 0.4) is 0 Å². The van der Waals surface area contributed by atoms with Crippen molar-refractivity contribution in [2.75, 3.05) is 26.2 Å². The third-order valence-corrected chi connectivity index (χ3v) is 4.12. The van der Waals surface area contributed by atoms with Gasteiger partial charge in [-0.25, -0.2) is 9.97 Å². The van der Waals surface area contributed by atoms with E-state index in [1.165, 1.54) is 0 Å². The van der Waals surface area contributed by atoms with E-state index >= 15 is 0 Å². The molecule has 6 heteroatoms. The molecule has 0 aliphatic carbocycles. The molecule has 0 aromatic carbocycles. The molecule has 6 nitrogen and oxygen atoms in total. The molecule has 0 radical (unpaired) electrons. The van der Waals surface area contributed by atoms with E-state index < -0.39 is 0 Å². The van der Waals surface area contributed by atoms with Crippen molar-refractivity contribution in [2.24, 2.45) is 0 Å². The van der Waals surface area contributed by atoms with Crippen molar-refractivity contribution in [3.8, 4) is 11.8 Å². The van der Waals surface area contributed by atoms with Crippen LogP contribution in [0.15, 0.2) is 6.33 Å². The Kier molecular flexibility index (Phi) is 4.87. The molecule has 0 saturated carbocycles. The second-order valence-corrected chi connectivity index (χ2v) is 5.74. The van der Waals surface area contributed by atoms with Gasteiger partial charge < -0.3 is 20.1 Å². The largest absolute Gasteiger partial charge is 0.474 e. The summed E-state index contributed by atoms with van der Waals surface area (Å²) in [6.07, 6.45) is 6.11. The van der Waals surface area contributed by atoms with E-state index in [1.807, 2.05) is 6.92 Å². The molecule has 0 amide bonds. The molecule has 116 valence electrons. The lowest BCUT2D eigenvalue weighted by Crippen LogP contribution is -2.35. The van der Waals surface area contributed by atoms with Gasteiger partial charge >= 0.3 is 0 Å². The van der Waals surface area contributed by atoms with Crippen molar-refractivity contribution in [1.29, 1.82) is 0 Å². The van der Waals surface area contributed by atoms with Crippen molar-refractivity contribution in [3.63, 3.8) is 0 Å². The molecule has 3 heterocycles. The van der Waals surface area contributed by atoms with Crippen molar-refractivity contribution in [1.82, 2.24) is 20.6 Å². The van der Waals surface area contributed by atoms with E-state index in [-0.39, 0.29) is 12.2 Å². The first kappa shape index (κ1) is 14.5. The van der Waals surface area contributed by atoms with Crippen LogP contribution >= 0.6 is 0 Å². The molecular weight excluding hydrogens is 268 g/mol. The molecule has 2 fully saturated rings. The number of ether oxygens (including phenoxy) is 2. The van der Waals surface area contributed by atoms with E-state index in [0.29, 0.717) is 11.8 Å². The maximum absolute atomic E-state index is 6.03. The summed E-state index contributed by atoms with van der Waals surface area (Å²) in [5.41, 5.74) is 0.912. The monoisotopic (exact) mass is 292 g/mol. The van der Waals surface area contributed by atoms with Crippen molar-refractivity contribution in [3.05, 3.63) is 11.9 Å². The minimum absolute atomic E-state index is 0.242. The molecule has 2 aliphatic rings. The van der Waals surface area contributed by atoms with Crippen LogP contribution in [-0.4, -0.2) is 48.4 Å². The van der Waals surface area contributed by atoms with Gasteiger partial charge in [-0.15, -0.1) is 0 Å². The van der Waals surface area contributed by atoms with Crippen LogP contribution in [0.1, 0.15) is 31.2 Å². The highest BCUT2D eigenvalue weighted by Crippen LogP contribution is 2.26. The summed E-state index contributed by atoms with van der Waals surface area (Å²) >= 11 is 0. The first-order valence-electron chi connectivity index (χ1n) is 7.89. The maximum Gasteiger partial charge on any atom is 0.223 e. The second kappa shape index (κ2) is 7.04. The Balaban J connectivity index is 1.65. The Bertz CT molecular complexity index is 419. The van der Waals surface area contributed by atoms with Crippen LogP contribution < -0.4 is 20.1 Å². The highest BCUT2D eigenvalue weighted by molar-refractivity contribution is 5.33. The lowest BCUT2D eigenvalue weighted by molar-refractivity contribution is 0.142. The highest BCUT2D eigenvalue weighted by atomic mass is 16.5. The topological polar surface area (TPSA) is 68.3 Å². The Morgan fingerprint density at radius 2 is 1.29 bits per heavy atom. The summed E-state index contributed by atoms with van der Waals surface area (Å²) in [4.78, 5) is 8.56. The quantitative estimate of drug-likeness (QED) is 0.864. The van der Waals surface area contributed by atoms with Crippen LogP contribution in [0, 0.1) is 6.92 Å². The summed E-state index contributed by atoms with van der Waals surface area (Å²) in [6, 6.07) is 0. The molecule has 0 spiro atoms. The number of piperidine rings is 2. The smallest absolute Gasteiger partial charge is 0.223 e. The van der Waals surface area contributed by atoms with Gasteiger partial charge in [0.2, 0.25) is 11.8 Å². The average Bonchev–Trinajstić information content (AvgIpc) is 2.53. The van der Waals surface area contributed by atoms with Gasteiger partial charge in [-0.3, -0.25) is 0 Å². The molecule has 1 aromatic heterocycles. The Labute approximate surface area is 125 Å². The average molecular weight is 292 g/mol. The molecule has 3 rings (SSSR count). The zero-order valence-corrected chi connectivity index (χ0v) is 12.6. The molecule has 21 heavy (non-hydrogen) atoms. The molecule has 0 unspecified atom stereocenters. The van der Waals surface area contributed by atoms with Crippen LogP contribution in [0.4, 0.5) is 0 Å². The van der Waals surface area contributed by atoms with Gasteiger partial charge in [-0.2, -0.15) is 0 Å². The van der Waals surface area contributed by atoms with Crippen molar-refractivity contribution in [2.45, 2.75) is 44.8 Å². The molecule has 1 aromatic rings. The summed E-state index contributed by atoms with van der Waals surface area (Å²) in [7, 11) is 0. The van der Waals surface area contributed by atoms with Crippen LogP contribution in [-0.2, 0) is 0 Å². The van der Waals surface area contributed by atoms with E-state index in [1.54, 1.807) is 6.33 Å². The number of hydrogen-bond acceptors (Lipinski definition) is 6. The van der Waals surface area contributed by atoms with Gasteiger partial charge in [0.05, 0.1) is 5.56 Å². The van der Waals surface area contributed by atoms with Crippen LogP contribution in [0.2, 0.25) is 0 Å². The standard InChI is InChI=1S/C15H24N4O2/c1-11-14(20-12-2-6-16-7-3-12)18-10-19-15(11)21-13-4-8-17-9-5-13/h10,12-13,16-17H,2-9H2,1H3. The van der Waals surface area contributed by atoms with Crippen molar-refractivity contribution >= 4 is 0 Å². The fourth-order valence-electron chi connectivity index (χ4n) is 2.80. The third-order valence-electron chi connectivity index (χ3n) is 4.12. The zero-order valence-electron chi connectivity index (χ0n) is 12.6. The van der Waals surface area contributed by atoms with Gasteiger partial charge in [-0.1, -0.05) is 0 Å². The molecule has 0 atom stereocenters. The molecular formula is C15H24N4O2. The first-order chi connectivity index (χ1) is 10.3. The van der Waals surface area contributed by atoms with Crippen molar-refractivity contribution < 1.29 is 9.47 Å². The molecule has 2 N–H and O–H groups in total. The Morgan fingerprint density at radius 3 is 1.71 bits per heavy atom. The predicted molar refractivity (Wildman–Crippen MR) is 79.8 cm³/mol. The molecule has 2 saturated heterocycles. The molecule has 0 bridgehead atoms. The van der Waals surface area contributed by atoms with E-state index in [2.05, 4.69) is 20.6 Å². The number of rotatable bonds is 4. The second-order valence-electron chi connectivity index (χ2n) is 5.74. The highest BCUT2D eigenvalue weighted by Gasteiger charge is 2.20. The van der Waals surface area contributed by atoms with Gasteiger partial charge in [0, 0.05) is 0 Å². The third kappa shape index (κ3) is 3.83. The van der Waals surface area contributed by atoms with Gasteiger partial charge in [0.15, 0.2) is 0 Å². The van der Waals surface area contributed by atoms with Crippen LogP contribution in [0.5, 0.6) is 11.8 Å². The number of nitrogens with one attached hydrogen (secondary N) is 2. The predicted octanol–water partition coefficient (Wildman–Crippen LogP) is 1.05. The summed E-state index contributed by atoms with van der Waals surface area (Å²) < 4.78 is 12.1. The Hall–Kier alpha value is -1.40. The van der Waals surface area contributed by atoms with E-state index in [9.17, 15) is 0 Å².